The number of para-hydroxylation sites is 2. The van der Waals surface area contributed by atoms with Crippen LogP contribution in [0.5, 0.6) is 0 Å². The topological polar surface area (TPSA) is 39.9 Å². The number of fused-ring (bicyclic) bond motifs is 1. The Hall–Kier alpha value is -1.35. The van der Waals surface area contributed by atoms with Crippen LogP contribution in [0, 0.1) is 0 Å². The number of benzene rings is 1. The maximum absolute atomic E-state index is 9.32. The second-order valence-corrected chi connectivity index (χ2v) is 4.11. The smallest absolute Gasteiger partial charge is 0.281 e. The molecule has 0 fully saturated rings. The van der Waals surface area contributed by atoms with E-state index in [1.807, 2.05) is 18.2 Å². The fourth-order valence-corrected chi connectivity index (χ4v) is 2.08. The van der Waals surface area contributed by atoms with Gasteiger partial charge in [-0.15, -0.1) is 0 Å². The molecule has 0 saturated heterocycles. The van der Waals surface area contributed by atoms with Crippen molar-refractivity contribution in [3.63, 3.8) is 0 Å². The summed E-state index contributed by atoms with van der Waals surface area (Å²) in [5.74, 6) is 0.900. The van der Waals surface area contributed by atoms with Crippen molar-refractivity contribution in [2.45, 2.75) is 39.3 Å². The highest BCUT2D eigenvalue weighted by Crippen LogP contribution is 2.09. The summed E-state index contributed by atoms with van der Waals surface area (Å²) in [5, 5.41) is 9.32. The third-order valence-corrected chi connectivity index (χ3v) is 2.93. The second-order valence-electron chi connectivity index (χ2n) is 4.11. The Kier molecular flexibility index (Phi) is 3.57. The summed E-state index contributed by atoms with van der Waals surface area (Å²) < 4.78 is 2.19. The zero-order valence-electron chi connectivity index (χ0n) is 9.74. The van der Waals surface area contributed by atoms with Crippen LogP contribution in [0.1, 0.15) is 32.0 Å². The summed E-state index contributed by atoms with van der Waals surface area (Å²) in [5.41, 5.74) is 2.28. The molecule has 0 bridgehead atoms. The van der Waals surface area contributed by atoms with Crippen molar-refractivity contribution in [1.29, 1.82) is 0 Å². The molecule has 0 saturated carbocycles. The number of aliphatic hydroxyl groups is 1. The van der Waals surface area contributed by atoms with E-state index in [0.29, 0.717) is 0 Å². The second kappa shape index (κ2) is 5.12. The molecule has 1 aromatic heterocycles. The van der Waals surface area contributed by atoms with Crippen LogP contribution >= 0.6 is 0 Å². The van der Waals surface area contributed by atoms with Crippen LogP contribution in [0.15, 0.2) is 24.3 Å². The van der Waals surface area contributed by atoms with Crippen molar-refractivity contribution in [2.24, 2.45) is 0 Å². The molecule has 0 aliphatic carbocycles. The first kappa shape index (κ1) is 11.1. The summed E-state index contributed by atoms with van der Waals surface area (Å²) >= 11 is 0. The van der Waals surface area contributed by atoms with E-state index in [4.69, 9.17) is 0 Å². The van der Waals surface area contributed by atoms with Gasteiger partial charge < -0.3 is 5.11 Å². The standard InChI is InChI=1S/C13H18N2O/c1-2-3-6-9-15-12-8-5-4-7-11(12)14-13(15)10-16/h4-5,7-8,16H,2-3,6,9-10H2,1H3/p+1. The molecule has 2 rings (SSSR count). The van der Waals surface area contributed by atoms with Gasteiger partial charge in [0.25, 0.3) is 5.82 Å². The van der Waals surface area contributed by atoms with E-state index < -0.39 is 0 Å². The largest absolute Gasteiger partial charge is 0.384 e. The Labute approximate surface area is 95.7 Å². The molecule has 0 aliphatic rings. The highest BCUT2D eigenvalue weighted by atomic mass is 16.3. The van der Waals surface area contributed by atoms with Crippen LogP contribution in [-0.2, 0) is 13.2 Å². The highest BCUT2D eigenvalue weighted by molar-refractivity contribution is 5.70. The molecule has 0 amide bonds. The molecule has 3 nitrogen and oxygen atoms in total. The van der Waals surface area contributed by atoms with Crippen LogP contribution in [-0.4, -0.2) is 10.1 Å². The number of unbranched alkanes of at least 4 members (excludes halogenated alkanes) is 2. The van der Waals surface area contributed by atoms with Gasteiger partial charge in [-0.3, -0.25) is 0 Å². The fraction of sp³-hybridized carbons (Fsp3) is 0.462. The number of nitrogens with one attached hydrogen (secondary N) is 1. The van der Waals surface area contributed by atoms with Gasteiger partial charge in [-0.1, -0.05) is 25.5 Å². The van der Waals surface area contributed by atoms with E-state index in [-0.39, 0.29) is 6.61 Å². The molecular formula is C13H19N2O+. The zero-order valence-corrected chi connectivity index (χ0v) is 9.74. The van der Waals surface area contributed by atoms with Crippen molar-refractivity contribution in [2.75, 3.05) is 0 Å². The van der Waals surface area contributed by atoms with Crippen molar-refractivity contribution in [3.8, 4) is 0 Å². The van der Waals surface area contributed by atoms with Gasteiger partial charge in [0.2, 0.25) is 0 Å². The first-order chi connectivity index (χ1) is 7.86. The Bertz CT molecular complexity index is 462. The van der Waals surface area contributed by atoms with Gasteiger partial charge in [-0.2, -0.15) is 0 Å². The van der Waals surface area contributed by atoms with Crippen molar-refractivity contribution in [3.05, 3.63) is 30.1 Å². The number of imidazole rings is 1. The minimum Gasteiger partial charge on any atom is -0.384 e. The van der Waals surface area contributed by atoms with Gasteiger partial charge in [0, 0.05) is 0 Å². The third kappa shape index (κ3) is 2.09. The molecule has 16 heavy (non-hydrogen) atoms. The Morgan fingerprint density at radius 2 is 2.06 bits per heavy atom. The Morgan fingerprint density at radius 3 is 2.81 bits per heavy atom. The lowest BCUT2D eigenvalue weighted by molar-refractivity contribution is -0.681. The fourth-order valence-electron chi connectivity index (χ4n) is 2.08. The van der Waals surface area contributed by atoms with E-state index >= 15 is 0 Å². The number of H-pyrrole nitrogens is 1. The van der Waals surface area contributed by atoms with Gasteiger partial charge in [0.1, 0.15) is 6.61 Å². The van der Waals surface area contributed by atoms with E-state index in [2.05, 4.69) is 22.5 Å². The quantitative estimate of drug-likeness (QED) is 0.587. The maximum atomic E-state index is 9.32. The van der Waals surface area contributed by atoms with Gasteiger partial charge >= 0.3 is 0 Å². The van der Waals surface area contributed by atoms with Crippen molar-refractivity contribution < 1.29 is 9.67 Å². The molecule has 3 heteroatoms. The van der Waals surface area contributed by atoms with Crippen LogP contribution in [0.3, 0.4) is 0 Å². The first-order valence-corrected chi connectivity index (χ1v) is 5.97. The molecule has 1 heterocycles. The summed E-state index contributed by atoms with van der Waals surface area (Å²) in [6.45, 7) is 3.25. The van der Waals surface area contributed by atoms with Gasteiger partial charge in [-0.05, 0) is 25.0 Å². The van der Waals surface area contributed by atoms with Crippen molar-refractivity contribution in [1.82, 2.24) is 4.98 Å². The predicted octanol–water partition coefficient (Wildman–Crippen LogP) is 2.14. The monoisotopic (exact) mass is 219 g/mol. The minimum atomic E-state index is 0.0702. The number of aromatic amines is 1. The van der Waals surface area contributed by atoms with E-state index in [9.17, 15) is 5.11 Å². The van der Waals surface area contributed by atoms with E-state index in [0.717, 1.165) is 24.3 Å². The molecule has 0 atom stereocenters. The zero-order chi connectivity index (χ0) is 11.4. The lowest BCUT2D eigenvalue weighted by Gasteiger charge is -1.99. The number of rotatable bonds is 5. The minimum absolute atomic E-state index is 0.0702. The lowest BCUT2D eigenvalue weighted by atomic mass is 10.2. The van der Waals surface area contributed by atoms with Gasteiger partial charge in [0.15, 0.2) is 11.0 Å². The van der Waals surface area contributed by atoms with Crippen LogP contribution in [0.2, 0.25) is 0 Å². The van der Waals surface area contributed by atoms with Crippen molar-refractivity contribution >= 4 is 11.0 Å². The SMILES string of the molecule is CCCCC[n+]1c(CO)[nH]c2ccccc21. The first-order valence-electron chi connectivity index (χ1n) is 5.97. The lowest BCUT2D eigenvalue weighted by Crippen LogP contribution is -2.37. The number of aryl methyl sites for hydroxylation is 1. The summed E-state index contributed by atoms with van der Waals surface area (Å²) in [6.07, 6.45) is 3.62. The summed E-state index contributed by atoms with van der Waals surface area (Å²) in [7, 11) is 0. The van der Waals surface area contributed by atoms with Gasteiger partial charge in [-0.25, -0.2) is 9.55 Å². The highest BCUT2D eigenvalue weighted by Gasteiger charge is 2.16. The van der Waals surface area contributed by atoms with Crippen LogP contribution < -0.4 is 4.57 Å². The average Bonchev–Trinajstić information content (AvgIpc) is 2.68. The van der Waals surface area contributed by atoms with E-state index in [1.54, 1.807) is 0 Å². The number of aliphatic hydroxyl groups excluding tert-OH is 1. The van der Waals surface area contributed by atoms with Crippen LogP contribution in [0.25, 0.3) is 11.0 Å². The number of hydrogen-bond donors (Lipinski definition) is 2. The molecular weight excluding hydrogens is 200 g/mol. The average molecular weight is 219 g/mol. The third-order valence-electron chi connectivity index (χ3n) is 2.93. The summed E-state index contributed by atoms with van der Waals surface area (Å²) in [6, 6.07) is 8.19. The molecule has 86 valence electrons. The molecule has 0 aliphatic heterocycles. The molecule has 1 aromatic carbocycles. The molecule has 0 unspecified atom stereocenters. The van der Waals surface area contributed by atoms with E-state index in [1.165, 1.54) is 18.4 Å². The van der Waals surface area contributed by atoms with Gasteiger partial charge in [0.05, 0.1) is 6.54 Å². The molecule has 2 aromatic rings. The number of aromatic nitrogens is 2. The molecule has 0 radical (unpaired) electrons. The predicted molar refractivity (Wildman–Crippen MR) is 63.9 cm³/mol. The summed E-state index contributed by atoms with van der Waals surface area (Å²) in [4.78, 5) is 3.25. The van der Waals surface area contributed by atoms with Crippen LogP contribution in [0.4, 0.5) is 0 Å². The molecule has 0 spiro atoms. The number of hydrogen-bond acceptors (Lipinski definition) is 1. The molecule has 2 N–H and O–H groups in total. The Balaban J connectivity index is 2.32. The number of nitrogens with zero attached hydrogens (tertiary/aromatic N) is 1. The normalized spacial score (nSPS) is 11.1. The Morgan fingerprint density at radius 1 is 1.25 bits per heavy atom. The maximum Gasteiger partial charge on any atom is 0.281 e.